The van der Waals surface area contributed by atoms with Crippen LogP contribution >= 0.6 is 0 Å². The van der Waals surface area contributed by atoms with Crippen molar-refractivity contribution in [2.75, 3.05) is 66.1 Å². The Hall–Kier alpha value is -1.63. The fourth-order valence-corrected chi connectivity index (χ4v) is 2.53. The van der Waals surface area contributed by atoms with Gasteiger partial charge in [-0.1, -0.05) is 18.2 Å². The molecular weight excluding hydrogens is 294 g/mol. The van der Waals surface area contributed by atoms with Gasteiger partial charge in [0.25, 0.3) is 0 Å². The third-order valence-electron chi connectivity index (χ3n) is 3.88. The molecule has 23 heavy (non-hydrogen) atoms. The molecule has 0 aromatic heterocycles. The minimum atomic E-state index is 0.0620. The maximum Gasteiger partial charge on any atom is 0.234 e. The Labute approximate surface area is 138 Å². The molecule has 1 amide bonds. The number of ether oxygens (including phenoxy) is 2. The molecule has 0 saturated carbocycles. The van der Waals surface area contributed by atoms with E-state index in [4.69, 9.17) is 9.47 Å². The van der Waals surface area contributed by atoms with E-state index in [9.17, 15) is 4.79 Å². The van der Waals surface area contributed by atoms with Crippen molar-refractivity contribution in [3.8, 4) is 5.75 Å². The van der Waals surface area contributed by atoms with Crippen molar-refractivity contribution in [1.82, 2.24) is 15.1 Å². The molecule has 128 valence electrons. The van der Waals surface area contributed by atoms with Gasteiger partial charge in [0.05, 0.1) is 19.7 Å². The molecule has 1 fully saturated rings. The number of carbonyl (C=O) groups is 1. The second kappa shape index (κ2) is 10.2. The van der Waals surface area contributed by atoms with Crippen LogP contribution in [0.5, 0.6) is 5.75 Å². The summed E-state index contributed by atoms with van der Waals surface area (Å²) in [5, 5.41) is 2.91. The average Bonchev–Trinajstić information content (AvgIpc) is 2.59. The molecule has 1 aliphatic heterocycles. The number of nitrogens with zero attached hydrogens (tertiary/aromatic N) is 2. The summed E-state index contributed by atoms with van der Waals surface area (Å²) >= 11 is 0. The van der Waals surface area contributed by atoms with Gasteiger partial charge in [0, 0.05) is 39.8 Å². The van der Waals surface area contributed by atoms with Crippen LogP contribution in [0.1, 0.15) is 0 Å². The summed E-state index contributed by atoms with van der Waals surface area (Å²) < 4.78 is 10.6. The molecule has 0 spiro atoms. The van der Waals surface area contributed by atoms with Crippen LogP contribution in [0.3, 0.4) is 0 Å². The molecule has 1 saturated heterocycles. The van der Waals surface area contributed by atoms with Crippen LogP contribution in [-0.2, 0) is 9.53 Å². The normalized spacial score (nSPS) is 16.2. The number of hydrogen-bond acceptors (Lipinski definition) is 5. The van der Waals surface area contributed by atoms with Gasteiger partial charge in [0.1, 0.15) is 12.4 Å². The highest BCUT2D eigenvalue weighted by atomic mass is 16.5. The second-order valence-corrected chi connectivity index (χ2v) is 5.62. The van der Waals surface area contributed by atoms with Crippen molar-refractivity contribution < 1.29 is 14.3 Å². The number of benzene rings is 1. The number of hydrogen-bond donors (Lipinski definition) is 1. The lowest BCUT2D eigenvalue weighted by Gasteiger charge is -2.34. The van der Waals surface area contributed by atoms with E-state index in [1.54, 1.807) is 7.11 Å². The molecule has 1 heterocycles. The summed E-state index contributed by atoms with van der Waals surface area (Å²) in [4.78, 5) is 16.5. The summed E-state index contributed by atoms with van der Waals surface area (Å²) in [5.41, 5.74) is 0. The average molecular weight is 321 g/mol. The Morgan fingerprint density at radius 1 is 1.09 bits per heavy atom. The van der Waals surface area contributed by atoms with Gasteiger partial charge in [-0.05, 0) is 12.1 Å². The van der Waals surface area contributed by atoms with Crippen LogP contribution in [0.25, 0.3) is 0 Å². The summed E-state index contributed by atoms with van der Waals surface area (Å²) in [7, 11) is 1.72. The van der Waals surface area contributed by atoms with E-state index in [-0.39, 0.29) is 5.91 Å². The summed E-state index contributed by atoms with van der Waals surface area (Å²) in [6.07, 6.45) is 0. The highest BCUT2D eigenvalue weighted by Gasteiger charge is 2.18. The van der Waals surface area contributed by atoms with Crippen LogP contribution in [0, 0.1) is 0 Å². The number of amides is 1. The lowest BCUT2D eigenvalue weighted by atomic mass is 10.3. The van der Waals surface area contributed by atoms with E-state index < -0.39 is 0 Å². The van der Waals surface area contributed by atoms with E-state index in [0.717, 1.165) is 45.1 Å². The maximum atomic E-state index is 11.9. The first-order chi connectivity index (χ1) is 11.3. The fraction of sp³-hybridized carbons (Fsp3) is 0.588. The standard InChI is InChI=1S/C17H27N3O3/c1-22-14-12-19-8-10-20(11-9-19)15-17(21)18-7-13-23-16-5-3-2-4-6-16/h2-6H,7-15H2,1H3,(H,18,21). The zero-order valence-electron chi connectivity index (χ0n) is 13.9. The van der Waals surface area contributed by atoms with Crippen molar-refractivity contribution in [3.63, 3.8) is 0 Å². The molecule has 0 atom stereocenters. The Balaban J connectivity index is 1.53. The smallest absolute Gasteiger partial charge is 0.234 e. The van der Waals surface area contributed by atoms with Gasteiger partial charge in [-0.25, -0.2) is 0 Å². The number of piperazine rings is 1. The molecule has 0 unspecified atom stereocenters. The van der Waals surface area contributed by atoms with Gasteiger partial charge >= 0.3 is 0 Å². The van der Waals surface area contributed by atoms with Gasteiger partial charge < -0.3 is 14.8 Å². The highest BCUT2D eigenvalue weighted by molar-refractivity contribution is 5.78. The van der Waals surface area contributed by atoms with Crippen LogP contribution in [0.4, 0.5) is 0 Å². The van der Waals surface area contributed by atoms with Gasteiger partial charge in [-0.15, -0.1) is 0 Å². The second-order valence-electron chi connectivity index (χ2n) is 5.62. The summed E-state index contributed by atoms with van der Waals surface area (Å²) in [5.74, 6) is 0.890. The Morgan fingerprint density at radius 3 is 2.48 bits per heavy atom. The number of carbonyl (C=O) groups excluding carboxylic acids is 1. The Bertz CT molecular complexity index is 448. The third-order valence-corrected chi connectivity index (χ3v) is 3.88. The van der Waals surface area contributed by atoms with Crippen LogP contribution < -0.4 is 10.1 Å². The molecular formula is C17H27N3O3. The first-order valence-corrected chi connectivity index (χ1v) is 8.16. The molecule has 6 heteroatoms. The topological polar surface area (TPSA) is 54.0 Å². The number of nitrogens with one attached hydrogen (secondary N) is 1. The quantitative estimate of drug-likeness (QED) is 0.669. The summed E-state index contributed by atoms with van der Waals surface area (Å²) in [6.45, 7) is 7.05. The molecule has 2 rings (SSSR count). The van der Waals surface area contributed by atoms with Crippen molar-refractivity contribution in [2.24, 2.45) is 0 Å². The SMILES string of the molecule is COCCN1CCN(CC(=O)NCCOc2ccccc2)CC1. The first kappa shape index (κ1) is 17.7. The van der Waals surface area contributed by atoms with Crippen molar-refractivity contribution in [1.29, 1.82) is 0 Å². The lowest BCUT2D eigenvalue weighted by molar-refractivity contribution is -0.122. The third kappa shape index (κ3) is 6.99. The van der Waals surface area contributed by atoms with Crippen molar-refractivity contribution in [3.05, 3.63) is 30.3 Å². The Kier molecular flexibility index (Phi) is 7.86. The predicted octanol–water partition coefficient (Wildman–Crippen LogP) is 0.446. The molecule has 1 aliphatic rings. The van der Waals surface area contributed by atoms with E-state index in [1.807, 2.05) is 30.3 Å². The van der Waals surface area contributed by atoms with Crippen molar-refractivity contribution >= 4 is 5.91 Å². The molecule has 0 bridgehead atoms. The monoisotopic (exact) mass is 321 g/mol. The van der Waals surface area contributed by atoms with E-state index in [2.05, 4.69) is 15.1 Å². The largest absolute Gasteiger partial charge is 0.492 e. The minimum absolute atomic E-state index is 0.0620. The van der Waals surface area contributed by atoms with E-state index >= 15 is 0 Å². The Morgan fingerprint density at radius 2 is 1.78 bits per heavy atom. The van der Waals surface area contributed by atoms with Gasteiger partial charge in [0.15, 0.2) is 0 Å². The van der Waals surface area contributed by atoms with Gasteiger partial charge in [-0.3, -0.25) is 14.6 Å². The zero-order chi connectivity index (χ0) is 16.3. The molecule has 0 radical (unpaired) electrons. The molecule has 1 aromatic rings. The van der Waals surface area contributed by atoms with Gasteiger partial charge in [-0.2, -0.15) is 0 Å². The zero-order valence-corrected chi connectivity index (χ0v) is 13.9. The molecule has 0 aliphatic carbocycles. The van der Waals surface area contributed by atoms with Crippen molar-refractivity contribution in [2.45, 2.75) is 0 Å². The predicted molar refractivity (Wildman–Crippen MR) is 89.7 cm³/mol. The lowest BCUT2D eigenvalue weighted by Crippen LogP contribution is -2.50. The molecule has 1 aromatic carbocycles. The molecule has 1 N–H and O–H groups in total. The molecule has 6 nitrogen and oxygen atoms in total. The number of para-hydroxylation sites is 1. The van der Waals surface area contributed by atoms with Crippen LogP contribution in [-0.4, -0.2) is 81.8 Å². The maximum absolute atomic E-state index is 11.9. The van der Waals surface area contributed by atoms with E-state index in [0.29, 0.717) is 19.7 Å². The number of methoxy groups -OCH3 is 1. The van der Waals surface area contributed by atoms with Gasteiger partial charge in [0.2, 0.25) is 5.91 Å². The van der Waals surface area contributed by atoms with E-state index in [1.165, 1.54) is 0 Å². The fourth-order valence-electron chi connectivity index (χ4n) is 2.53. The van der Waals surface area contributed by atoms with Crippen LogP contribution in [0.2, 0.25) is 0 Å². The first-order valence-electron chi connectivity index (χ1n) is 8.16. The number of rotatable bonds is 9. The summed E-state index contributed by atoms with van der Waals surface area (Å²) in [6, 6.07) is 9.62. The minimum Gasteiger partial charge on any atom is -0.492 e. The van der Waals surface area contributed by atoms with Crippen LogP contribution in [0.15, 0.2) is 30.3 Å². The highest BCUT2D eigenvalue weighted by Crippen LogP contribution is 2.07.